The zero-order chi connectivity index (χ0) is 17.2. The topological polar surface area (TPSA) is 51.1 Å². The van der Waals surface area contributed by atoms with Crippen LogP contribution >= 0.6 is 0 Å². The summed E-state index contributed by atoms with van der Waals surface area (Å²) < 4.78 is 27.7. The molecule has 0 bridgehead atoms. The van der Waals surface area contributed by atoms with Gasteiger partial charge in [0.2, 0.25) is 0 Å². The second kappa shape index (κ2) is 6.63. The van der Waals surface area contributed by atoms with Gasteiger partial charge in [0, 0.05) is 12.7 Å². The van der Waals surface area contributed by atoms with E-state index in [4.69, 9.17) is 0 Å². The fourth-order valence-corrected chi connectivity index (χ4v) is 4.30. The van der Waals surface area contributed by atoms with Crippen LogP contribution in [0, 0.1) is 6.92 Å². The molecular weight excluding hydrogens is 320 g/mol. The number of rotatable bonds is 5. The molecule has 0 saturated heterocycles. The maximum absolute atomic E-state index is 13.1. The minimum atomic E-state index is -3.65. The molecule has 0 aliphatic heterocycles. The van der Waals surface area contributed by atoms with Crippen molar-refractivity contribution in [1.82, 2.24) is 9.29 Å². The third-order valence-electron chi connectivity index (χ3n) is 4.04. The molecule has 0 amide bonds. The molecule has 1 heterocycles. The molecule has 0 aliphatic carbocycles. The largest absolute Gasteiger partial charge is 0.316 e. The zero-order valence-corrected chi connectivity index (χ0v) is 14.5. The second-order valence-electron chi connectivity index (χ2n) is 5.64. The summed E-state index contributed by atoms with van der Waals surface area (Å²) in [5, 5.41) is 3.10. The molecule has 3 aromatic rings. The number of hydrogen-bond donors (Lipinski definition) is 1. The van der Waals surface area contributed by atoms with Crippen molar-refractivity contribution in [2.24, 2.45) is 0 Å². The molecule has 1 N–H and O–H groups in total. The Morgan fingerprint density at radius 1 is 0.958 bits per heavy atom. The Bertz CT molecular complexity index is 930. The Labute approximate surface area is 142 Å². The van der Waals surface area contributed by atoms with Gasteiger partial charge in [-0.15, -0.1) is 0 Å². The summed E-state index contributed by atoms with van der Waals surface area (Å²) in [6.45, 7) is 2.58. The van der Waals surface area contributed by atoms with Crippen molar-refractivity contribution in [3.8, 4) is 11.3 Å². The van der Waals surface area contributed by atoms with E-state index in [1.807, 2.05) is 50.4 Å². The lowest BCUT2D eigenvalue weighted by Crippen LogP contribution is -2.13. The predicted molar refractivity (Wildman–Crippen MR) is 96.4 cm³/mol. The van der Waals surface area contributed by atoms with Crippen LogP contribution in [0.1, 0.15) is 11.1 Å². The highest BCUT2D eigenvalue weighted by atomic mass is 32.2. The summed E-state index contributed by atoms with van der Waals surface area (Å²) in [5.41, 5.74) is 3.53. The first-order valence-electron chi connectivity index (χ1n) is 7.77. The summed E-state index contributed by atoms with van der Waals surface area (Å²) in [4.78, 5) is 0.285. The number of benzene rings is 2. The summed E-state index contributed by atoms with van der Waals surface area (Å²) in [7, 11) is -1.80. The summed E-state index contributed by atoms with van der Waals surface area (Å²) in [6.07, 6.45) is 1.72. The van der Waals surface area contributed by atoms with E-state index in [2.05, 4.69) is 5.32 Å². The van der Waals surface area contributed by atoms with Crippen molar-refractivity contribution in [2.75, 3.05) is 7.05 Å². The SMILES string of the molecule is CNCc1cn(S(=O)(=O)c2ccccc2)c(-c2ccccc2)c1C. The second-order valence-corrected chi connectivity index (χ2v) is 7.45. The average molecular weight is 340 g/mol. The molecule has 3 rings (SSSR count). The molecule has 0 aliphatic rings. The molecule has 0 spiro atoms. The first kappa shape index (κ1) is 16.5. The van der Waals surface area contributed by atoms with E-state index >= 15 is 0 Å². The molecule has 0 atom stereocenters. The monoisotopic (exact) mass is 340 g/mol. The highest BCUT2D eigenvalue weighted by Gasteiger charge is 2.24. The van der Waals surface area contributed by atoms with Crippen LogP contribution in [0.3, 0.4) is 0 Å². The van der Waals surface area contributed by atoms with Gasteiger partial charge in [-0.25, -0.2) is 12.4 Å². The van der Waals surface area contributed by atoms with Gasteiger partial charge < -0.3 is 5.32 Å². The van der Waals surface area contributed by atoms with Crippen molar-refractivity contribution in [3.05, 3.63) is 78.0 Å². The third-order valence-corrected chi connectivity index (χ3v) is 5.72. The third kappa shape index (κ3) is 2.88. The van der Waals surface area contributed by atoms with Gasteiger partial charge in [-0.05, 0) is 42.8 Å². The summed E-state index contributed by atoms with van der Waals surface area (Å²) in [5.74, 6) is 0. The average Bonchev–Trinajstić information content (AvgIpc) is 2.94. The van der Waals surface area contributed by atoms with Gasteiger partial charge in [0.25, 0.3) is 10.0 Å². The van der Waals surface area contributed by atoms with Gasteiger partial charge >= 0.3 is 0 Å². The first-order valence-corrected chi connectivity index (χ1v) is 9.21. The fourth-order valence-electron chi connectivity index (χ4n) is 2.82. The Morgan fingerprint density at radius 2 is 1.54 bits per heavy atom. The Hall–Kier alpha value is -2.37. The van der Waals surface area contributed by atoms with Gasteiger partial charge in [0.1, 0.15) is 0 Å². The van der Waals surface area contributed by atoms with Crippen LogP contribution in [0.15, 0.2) is 71.8 Å². The lowest BCUT2D eigenvalue weighted by atomic mass is 10.1. The Kier molecular flexibility index (Phi) is 4.55. The minimum Gasteiger partial charge on any atom is -0.316 e. The maximum atomic E-state index is 13.1. The van der Waals surface area contributed by atoms with Gasteiger partial charge in [-0.1, -0.05) is 48.5 Å². The zero-order valence-electron chi connectivity index (χ0n) is 13.7. The van der Waals surface area contributed by atoms with Crippen LogP contribution in [-0.4, -0.2) is 19.4 Å². The normalized spacial score (nSPS) is 11.6. The van der Waals surface area contributed by atoms with Crippen LogP contribution in [-0.2, 0) is 16.6 Å². The van der Waals surface area contributed by atoms with E-state index in [0.717, 1.165) is 16.7 Å². The Morgan fingerprint density at radius 3 is 2.12 bits per heavy atom. The molecule has 0 fully saturated rings. The number of hydrogen-bond acceptors (Lipinski definition) is 3. The smallest absolute Gasteiger partial charge is 0.268 e. The molecule has 24 heavy (non-hydrogen) atoms. The van der Waals surface area contributed by atoms with Crippen molar-refractivity contribution in [3.63, 3.8) is 0 Å². The summed E-state index contributed by atoms with van der Waals surface area (Å²) in [6, 6.07) is 18.1. The van der Waals surface area contributed by atoms with E-state index in [1.165, 1.54) is 3.97 Å². The number of aromatic nitrogens is 1. The van der Waals surface area contributed by atoms with E-state index in [1.54, 1.807) is 30.5 Å². The van der Waals surface area contributed by atoms with Gasteiger partial charge in [0.15, 0.2) is 0 Å². The molecule has 4 nitrogen and oxygen atoms in total. The molecular formula is C19H20N2O2S. The van der Waals surface area contributed by atoms with Crippen molar-refractivity contribution in [2.45, 2.75) is 18.4 Å². The predicted octanol–water partition coefficient (Wildman–Crippen LogP) is 3.42. The van der Waals surface area contributed by atoms with E-state index in [-0.39, 0.29) is 4.90 Å². The van der Waals surface area contributed by atoms with Crippen molar-refractivity contribution < 1.29 is 8.42 Å². The Balaban J connectivity index is 2.26. The molecule has 0 unspecified atom stereocenters. The van der Waals surface area contributed by atoms with Gasteiger partial charge in [-0.3, -0.25) is 0 Å². The lowest BCUT2D eigenvalue weighted by Gasteiger charge is -2.11. The van der Waals surface area contributed by atoms with Crippen LogP contribution in [0.25, 0.3) is 11.3 Å². The van der Waals surface area contributed by atoms with E-state index in [9.17, 15) is 8.42 Å². The number of nitrogens with zero attached hydrogens (tertiary/aromatic N) is 1. The van der Waals surface area contributed by atoms with Crippen molar-refractivity contribution in [1.29, 1.82) is 0 Å². The highest BCUT2D eigenvalue weighted by Crippen LogP contribution is 2.31. The first-order chi connectivity index (χ1) is 11.6. The standard InChI is InChI=1S/C19H20N2O2S/c1-15-17(13-20-2)14-21(19(15)16-9-5-3-6-10-16)24(22,23)18-11-7-4-8-12-18/h3-12,14,20H,13H2,1-2H3. The van der Waals surface area contributed by atoms with Crippen molar-refractivity contribution >= 4 is 10.0 Å². The quantitative estimate of drug-likeness (QED) is 0.774. The van der Waals surface area contributed by atoms with E-state index in [0.29, 0.717) is 12.2 Å². The molecule has 0 radical (unpaired) electrons. The summed E-state index contributed by atoms with van der Waals surface area (Å²) >= 11 is 0. The van der Waals surface area contributed by atoms with Crippen LogP contribution in [0.4, 0.5) is 0 Å². The fraction of sp³-hybridized carbons (Fsp3) is 0.158. The minimum absolute atomic E-state index is 0.285. The highest BCUT2D eigenvalue weighted by molar-refractivity contribution is 7.90. The molecule has 124 valence electrons. The lowest BCUT2D eigenvalue weighted by molar-refractivity contribution is 0.588. The molecule has 0 saturated carbocycles. The van der Waals surface area contributed by atoms with E-state index < -0.39 is 10.0 Å². The molecule has 5 heteroatoms. The van der Waals surface area contributed by atoms with Crippen LogP contribution < -0.4 is 5.32 Å². The van der Waals surface area contributed by atoms with Crippen LogP contribution in [0.5, 0.6) is 0 Å². The van der Waals surface area contributed by atoms with Gasteiger partial charge in [0.05, 0.1) is 10.6 Å². The maximum Gasteiger partial charge on any atom is 0.268 e. The molecule has 2 aromatic carbocycles. The molecule has 1 aromatic heterocycles. The van der Waals surface area contributed by atoms with Crippen LogP contribution in [0.2, 0.25) is 0 Å². The van der Waals surface area contributed by atoms with Gasteiger partial charge in [-0.2, -0.15) is 0 Å². The number of nitrogens with one attached hydrogen (secondary N) is 1.